The van der Waals surface area contributed by atoms with Crippen LogP contribution in [0.1, 0.15) is 56.7 Å². The largest absolute Gasteiger partial charge is 0.411 e. The van der Waals surface area contributed by atoms with E-state index in [0.717, 1.165) is 36.0 Å². The fourth-order valence-corrected chi connectivity index (χ4v) is 6.56. The van der Waals surface area contributed by atoms with Gasteiger partial charge in [-0.3, -0.25) is 0 Å². The van der Waals surface area contributed by atoms with Gasteiger partial charge in [-0.2, -0.15) is 4.31 Å². The lowest BCUT2D eigenvalue weighted by atomic mass is 9.97. The summed E-state index contributed by atoms with van der Waals surface area (Å²) in [5.74, 6) is 6.25. The van der Waals surface area contributed by atoms with Crippen LogP contribution in [0, 0.1) is 25.7 Å². The fourth-order valence-electron chi connectivity index (χ4n) is 3.92. The van der Waals surface area contributed by atoms with Crippen LogP contribution in [0.4, 0.5) is 0 Å². The normalized spacial score (nSPS) is 16.9. The summed E-state index contributed by atoms with van der Waals surface area (Å²) in [6.07, 6.45) is 5.07. The molecule has 194 valence electrons. The van der Waals surface area contributed by atoms with Gasteiger partial charge >= 0.3 is 0 Å². The fraction of sp³-hybridized carbons (Fsp3) is 0.467. The molecule has 0 amide bonds. The first-order valence-electron chi connectivity index (χ1n) is 12.8. The Kier molecular flexibility index (Phi) is 9.05. The number of nitrogens with zero attached hydrogens (tertiary/aromatic N) is 1. The summed E-state index contributed by atoms with van der Waals surface area (Å²) in [4.78, 5) is 0.302. The van der Waals surface area contributed by atoms with Crippen molar-refractivity contribution in [2.75, 3.05) is 13.1 Å². The lowest BCUT2D eigenvalue weighted by Gasteiger charge is -2.39. The zero-order valence-electron chi connectivity index (χ0n) is 22.9. The highest BCUT2D eigenvalue weighted by Crippen LogP contribution is 2.39. The van der Waals surface area contributed by atoms with E-state index in [4.69, 9.17) is 4.43 Å². The van der Waals surface area contributed by atoms with Crippen LogP contribution in [-0.4, -0.2) is 40.2 Å². The number of sulfonamides is 1. The summed E-state index contributed by atoms with van der Waals surface area (Å²) >= 11 is 0. The van der Waals surface area contributed by atoms with Crippen molar-refractivity contribution in [2.24, 2.45) is 0 Å². The monoisotopic (exact) mass is 523 g/mol. The Morgan fingerprint density at radius 2 is 1.58 bits per heavy atom. The molecule has 0 bridgehead atoms. The van der Waals surface area contributed by atoms with Crippen LogP contribution in [0.3, 0.4) is 0 Å². The molecule has 4 nitrogen and oxygen atoms in total. The van der Waals surface area contributed by atoms with E-state index in [2.05, 4.69) is 51.8 Å². The van der Waals surface area contributed by atoms with E-state index in [-0.39, 0.29) is 17.7 Å². The second-order valence-electron chi connectivity index (χ2n) is 11.4. The maximum Gasteiger partial charge on any atom is 0.244 e. The summed E-state index contributed by atoms with van der Waals surface area (Å²) in [6, 6.07) is 15.0. The highest BCUT2D eigenvalue weighted by atomic mass is 32.2. The second kappa shape index (κ2) is 11.5. The molecule has 0 fully saturated rings. The topological polar surface area (TPSA) is 46.6 Å². The molecule has 36 heavy (non-hydrogen) atoms. The molecule has 1 aliphatic rings. The lowest BCUT2D eigenvalue weighted by Crippen LogP contribution is -2.44. The van der Waals surface area contributed by atoms with Gasteiger partial charge in [0.1, 0.15) is 0 Å². The van der Waals surface area contributed by atoms with Crippen molar-refractivity contribution in [2.45, 2.75) is 83.0 Å². The molecule has 1 atom stereocenters. The summed E-state index contributed by atoms with van der Waals surface area (Å²) in [6.45, 7) is 15.7. The molecule has 6 heteroatoms. The van der Waals surface area contributed by atoms with Crippen LogP contribution in [0.25, 0.3) is 0 Å². The van der Waals surface area contributed by atoms with Gasteiger partial charge in [0.15, 0.2) is 8.32 Å². The molecule has 1 unspecified atom stereocenters. The molecule has 0 aliphatic heterocycles. The first-order chi connectivity index (χ1) is 16.8. The second-order valence-corrected chi connectivity index (χ2v) is 18.1. The van der Waals surface area contributed by atoms with Gasteiger partial charge in [-0.05, 0) is 75.5 Å². The third kappa shape index (κ3) is 7.42. The Balaban J connectivity index is 1.87. The smallest absolute Gasteiger partial charge is 0.244 e. The molecule has 0 N–H and O–H groups in total. The minimum Gasteiger partial charge on any atom is -0.411 e. The minimum absolute atomic E-state index is 0.0391. The van der Waals surface area contributed by atoms with Crippen molar-refractivity contribution in [3.8, 4) is 11.8 Å². The molecule has 2 aromatic carbocycles. The third-order valence-corrected chi connectivity index (χ3v) is 13.5. The van der Waals surface area contributed by atoms with Gasteiger partial charge in [-0.1, -0.05) is 79.7 Å². The maximum atomic E-state index is 13.7. The summed E-state index contributed by atoms with van der Waals surface area (Å²) in [7, 11) is -5.61. The number of hydrogen-bond acceptors (Lipinski definition) is 3. The molecule has 0 aromatic heterocycles. The molecule has 0 saturated heterocycles. The van der Waals surface area contributed by atoms with E-state index in [1.54, 1.807) is 12.1 Å². The average Bonchev–Trinajstić information content (AvgIpc) is 2.79. The van der Waals surface area contributed by atoms with E-state index < -0.39 is 18.3 Å². The van der Waals surface area contributed by atoms with E-state index in [9.17, 15) is 8.42 Å². The number of benzene rings is 2. The molecule has 0 heterocycles. The quantitative estimate of drug-likeness (QED) is 0.227. The zero-order valence-corrected chi connectivity index (χ0v) is 24.7. The molecular weight excluding hydrogens is 482 g/mol. The van der Waals surface area contributed by atoms with Crippen LogP contribution < -0.4 is 0 Å². The number of rotatable bonds is 7. The van der Waals surface area contributed by atoms with Gasteiger partial charge in [-0.15, -0.1) is 0 Å². The van der Waals surface area contributed by atoms with E-state index in [1.807, 2.05) is 50.2 Å². The highest BCUT2D eigenvalue weighted by Gasteiger charge is 2.39. The Morgan fingerprint density at radius 1 is 1.00 bits per heavy atom. The minimum atomic E-state index is -3.70. The molecule has 3 rings (SSSR count). The summed E-state index contributed by atoms with van der Waals surface area (Å²) < 4.78 is 35.5. The van der Waals surface area contributed by atoms with Crippen LogP contribution >= 0.6 is 0 Å². The van der Waals surface area contributed by atoms with Crippen molar-refractivity contribution in [1.29, 1.82) is 0 Å². The van der Waals surface area contributed by atoms with Crippen LogP contribution in [0.2, 0.25) is 18.1 Å². The highest BCUT2D eigenvalue weighted by molar-refractivity contribution is 7.89. The van der Waals surface area contributed by atoms with Gasteiger partial charge in [-0.25, -0.2) is 8.42 Å². The van der Waals surface area contributed by atoms with Gasteiger partial charge in [0, 0.05) is 12.1 Å². The van der Waals surface area contributed by atoms with Gasteiger partial charge in [0.25, 0.3) is 0 Å². The molecule has 0 saturated carbocycles. The SMILES string of the molecule is Cc1ccc(C#CCN(CC2=CC(O[Si](C)(C)C(C)(C)C)CCC2)S(=O)(=O)c2ccc(C)cc2)cc1. The third-order valence-electron chi connectivity index (χ3n) is 7.24. The standard InChI is InChI=1S/C30H41NO3SSi/c1-24-13-17-26(18-14-24)11-9-21-31(35(32,33)29-19-15-25(2)16-20-29)23-27-10-8-12-28(22-27)34-36(6,7)30(3,4)5/h13-20,22,28H,8,10,12,21,23H2,1-7H3. The Hall–Kier alpha value is -2.17. The first kappa shape index (κ1) is 28.4. The zero-order chi connectivity index (χ0) is 26.6. The summed E-state index contributed by atoms with van der Waals surface area (Å²) in [5.41, 5.74) is 4.19. The van der Waals surface area contributed by atoms with E-state index in [1.165, 1.54) is 9.87 Å². The lowest BCUT2D eigenvalue weighted by molar-refractivity contribution is 0.204. The Bertz CT molecular complexity index is 1230. The molecule has 0 radical (unpaired) electrons. The van der Waals surface area contributed by atoms with Crippen molar-refractivity contribution in [3.05, 3.63) is 76.9 Å². The molecule has 0 spiro atoms. The number of hydrogen-bond donors (Lipinski definition) is 0. The van der Waals surface area contributed by atoms with E-state index >= 15 is 0 Å². The first-order valence-corrected chi connectivity index (χ1v) is 17.1. The van der Waals surface area contributed by atoms with Crippen LogP contribution in [-0.2, 0) is 14.4 Å². The molecular formula is C30H41NO3SSi. The summed E-state index contributed by atoms with van der Waals surface area (Å²) in [5, 5.41) is 0.130. The maximum absolute atomic E-state index is 13.7. The van der Waals surface area contributed by atoms with Crippen LogP contribution in [0.5, 0.6) is 0 Å². The molecule has 2 aromatic rings. The van der Waals surface area contributed by atoms with E-state index in [0.29, 0.717) is 11.4 Å². The number of aryl methyl sites for hydroxylation is 2. The Morgan fingerprint density at radius 3 is 2.17 bits per heavy atom. The Labute approximate surface area is 219 Å². The van der Waals surface area contributed by atoms with Gasteiger partial charge in [0.2, 0.25) is 10.0 Å². The van der Waals surface area contributed by atoms with Crippen molar-refractivity contribution >= 4 is 18.3 Å². The van der Waals surface area contributed by atoms with Crippen LogP contribution in [0.15, 0.2) is 65.1 Å². The average molecular weight is 524 g/mol. The predicted molar refractivity (Wildman–Crippen MR) is 152 cm³/mol. The predicted octanol–water partition coefficient (Wildman–Crippen LogP) is 6.85. The molecule has 1 aliphatic carbocycles. The van der Waals surface area contributed by atoms with Gasteiger partial charge in [0.05, 0.1) is 17.5 Å². The van der Waals surface area contributed by atoms with Crippen molar-refractivity contribution in [3.63, 3.8) is 0 Å². The van der Waals surface area contributed by atoms with Gasteiger partial charge < -0.3 is 4.43 Å². The van der Waals surface area contributed by atoms with Crippen molar-refractivity contribution < 1.29 is 12.8 Å². The van der Waals surface area contributed by atoms with Crippen molar-refractivity contribution in [1.82, 2.24) is 4.31 Å².